The predicted octanol–water partition coefficient (Wildman–Crippen LogP) is 8.15. The Morgan fingerprint density at radius 1 is 0.654 bits per heavy atom. The van der Waals surface area contributed by atoms with Crippen LogP contribution >= 0.6 is 0 Å². The molecule has 0 bridgehead atoms. The maximum Gasteiger partial charge on any atom is 0.305 e. The third kappa shape index (κ3) is 18.0. The van der Waals surface area contributed by atoms with Gasteiger partial charge in [-0.15, -0.1) is 0 Å². The molecule has 0 amide bonds. The van der Waals surface area contributed by atoms with Gasteiger partial charge in [-0.2, -0.15) is 0 Å². The van der Waals surface area contributed by atoms with Crippen LogP contribution in [0, 0.1) is 0 Å². The summed E-state index contributed by atoms with van der Waals surface area (Å²) in [7, 11) is 0. The van der Waals surface area contributed by atoms with Gasteiger partial charge in [0.1, 0.15) is 0 Å². The van der Waals surface area contributed by atoms with Gasteiger partial charge in [-0.25, -0.2) is 0 Å². The van der Waals surface area contributed by atoms with Gasteiger partial charge in [-0.05, 0) is 51.9 Å². The Kier molecular flexibility index (Phi) is 19.9. The number of esters is 1. The highest BCUT2D eigenvalue weighted by Gasteiger charge is 2.02. The molecule has 154 valence electrons. The van der Waals surface area contributed by atoms with Gasteiger partial charge in [0.2, 0.25) is 0 Å². The van der Waals surface area contributed by atoms with Gasteiger partial charge < -0.3 is 4.74 Å². The number of unbranched alkanes of at least 4 members (excludes halogenated alkanes) is 11. The fourth-order valence-electron chi connectivity index (χ4n) is 3.35. The fraction of sp³-hybridized carbons (Fsp3) is 0.875. The Hall–Kier alpha value is -0.790. The molecule has 0 saturated carbocycles. The standard InChI is InChI=1S/C24H46O2/c1-4-7-9-10-11-12-13-16-20-23(19-8-5-2)21-17-14-15-18-22-24(25)26-6-3/h20H,4-19,21-22H2,1-3H3. The summed E-state index contributed by atoms with van der Waals surface area (Å²) < 4.78 is 4.97. The van der Waals surface area contributed by atoms with Crippen molar-refractivity contribution in [3.63, 3.8) is 0 Å². The van der Waals surface area contributed by atoms with Gasteiger partial charge in [0.25, 0.3) is 0 Å². The van der Waals surface area contributed by atoms with E-state index in [1.54, 1.807) is 5.57 Å². The van der Waals surface area contributed by atoms with Gasteiger partial charge in [-0.1, -0.05) is 83.3 Å². The molecule has 0 aliphatic rings. The maximum absolute atomic E-state index is 11.3. The lowest BCUT2D eigenvalue weighted by Crippen LogP contribution is -2.03. The van der Waals surface area contributed by atoms with E-state index >= 15 is 0 Å². The molecule has 0 aliphatic carbocycles. The van der Waals surface area contributed by atoms with Crippen LogP contribution in [-0.2, 0) is 9.53 Å². The third-order valence-corrected chi connectivity index (χ3v) is 5.03. The van der Waals surface area contributed by atoms with Crippen molar-refractivity contribution < 1.29 is 9.53 Å². The molecule has 0 atom stereocenters. The highest BCUT2D eigenvalue weighted by atomic mass is 16.5. The second kappa shape index (κ2) is 20.5. The summed E-state index contributed by atoms with van der Waals surface area (Å²) in [6, 6.07) is 0. The molecule has 0 unspecified atom stereocenters. The van der Waals surface area contributed by atoms with Gasteiger partial charge in [-0.3, -0.25) is 4.79 Å². The van der Waals surface area contributed by atoms with E-state index in [4.69, 9.17) is 4.74 Å². The number of carbonyl (C=O) groups is 1. The molecule has 26 heavy (non-hydrogen) atoms. The average Bonchev–Trinajstić information content (AvgIpc) is 2.64. The Labute approximate surface area is 164 Å². The van der Waals surface area contributed by atoms with Crippen molar-refractivity contribution in [1.29, 1.82) is 0 Å². The van der Waals surface area contributed by atoms with Crippen molar-refractivity contribution in [3.8, 4) is 0 Å². The molecule has 0 rings (SSSR count). The summed E-state index contributed by atoms with van der Waals surface area (Å²) in [5, 5.41) is 0. The van der Waals surface area contributed by atoms with Crippen LogP contribution in [0.4, 0.5) is 0 Å². The lowest BCUT2D eigenvalue weighted by Gasteiger charge is -2.08. The first-order valence-corrected chi connectivity index (χ1v) is 11.6. The first kappa shape index (κ1) is 25.2. The molecule has 2 heteroatoms. The van der Waals surface area contributed by atoms with Crippen molar-refractivity contribution in [3.05, 3.63) is 11.6 Å². The summed E-state index contributed by atoms with van der Waals surface area (Å²) >= 11 is 0. The number of rotatable bonds is 19. The molecule has 0 N–H and O–H groups in total. The fourth-order valence-corrected chi connectivity index (χ4v) is 3.35. The second-order valence-electron chi connectivity index (χ2n) is 7.60. The Bertz CT molecular complexity index is 333. The van der Waals surface area contributed by atoms with Crippen molar-refractivity contribution >= 4 is 5.97 Å². The highest BCUT2D eigenvalue weighted by Crippen LogP contribution is 2.19. The second-order valence-corrected chi connectivity index (χ2v) is 7.60. The molecule has 0 aromatic carbocycles. The Morgan fingerprint density at radius 2 is 1.19 bits per heavy atom. The molecular formula is C24H46O2. The maximum atomic E-state index is 11.3. The topological polar surface area (TPSA) is 26.3 Å². The monoisotopic (exact) mass is 366 g/mol. The molecule has 0 heterocycles. The van der Waals surface area contributed by atoms with E-state index in [0.717, 1.165) is 12.8 Å². The molecule has 0 spiro atoms. The number of hydrogen-bond donors (Lipinski definition) is 0. The Balaban J connectivity index is 3.77. The van der Waals surface area contributed by atoms with Crippen LogP contribution in [-0.4, -0.2) is 12.6 Å². The number of hydrogen-bond acceptors (Lipinski definition) is 2. The van der Waals surface area contributed by atoms with E-state index in [0.29, 0.717) is 13.0 Å². The molecule has 0 aromatic heterocycles. The summed E-state index contributed by atoms with van der Waals surface area (Å²) in [6.45, 7) is 6.93. The lowest BCUT2D eigenvalue weighted by atomic mass is 9.99. The van der Waals surface area contributed by atoms with Crippen molar-refractivity contribution in [1.82, 2.24) is 0 Å². The largest absolute Gasteiger partial charge is 0.466 e. The van der Waals surface area contributed by atoms with E-state index in [-0.39, 0.29) is 5.97 Å². The smallest absolute Gasteiger partial charge is 0.305 e. The van der Waals surface area contributed by atoms with Crippen LogP contribution in [0.2, 0.25) is 0 Å². The van der Waals surface area contributed by atoms with Crippen LogP contribution in [0.3, 0.4) is 0 Å². The lowest BCUT2D eigenvalue weighted by molar-refractivity contribution is -0.143. The number of allylic oxidation sites excluding steroid dienone is 2. The minimum Gasteiger partial charge on any atom is -0.466 e. The molecule has 0 radical (unpaired) electrons. The van der Waals surface area contributed by atoms with E-state index in [1.165, 1.54) is 89.9 Å². The van der Waals surface area contributed by atoms with E-state index < -0.39 is 0 Å². The van der Waals surface area contributed by atoms with Crippen molar-refractivity contribution in [2.45, 2.75) is 130 Å². The van der Waals surface area contributed by atoms with Crippen molar-refractivity contribution in [2.24, 2.45) is 0 Å². The zero-order valence-electron chi connectivity index (χ0n) is 18.1. The van der Waals surface area contributed by atoms with Gasteiger partial charge >= 0.3 is 5.97 Å². The van der Waals surface area contributed by atoms with Crippen LogP contribution in [0.1, 0.15) is 130 Å². The molecule has 0 fully saturated rings. The average molecular weight is 367 g/mol. The molecule has 0 aromatic rings. The normalized spacial score (nSPS) is 11.7. The SMILES string of the molecule is CCCCCCCCCC=C(CCCC)CCCCCCC(=O)OCC. The zero-order chi connectivity index (χ0) is 19.3. The number of carbonyl (C=O) groups excluding carboxylic acids is 1. The summed E-state index contributed by atoms with van der Waals surface area (Å²) in [5.74, 6) is -0.0364. The summed E-state index contributed by atoms with van der Waals surface area (Å²) in [5.41, 5.74) is 1.68. The number of ether oxygens (including phenoxy) is 1. The summed E-state index contributed by atoms with van der Waals surface area (Å²) in [4.78, 5) is 11.3. The van der Waals surface area contributed by atoms with Gasteiger partial charge in [0.15, 0.2) is 0 Å². The molecule has 0 saturated heterocycles. The zero-order valence-corrected chi connectivity index (χ0v) is 18.1. The predicted molar refractivity (Wildman–Crippen MR) is 115 cm³/mol. The van der Waals surface area contributed by atoms with Crippen LogP contribution in [0.25, 0.3) is 0 Å². The minimum absolute atomic E-state index is 0.0364. The molecule has 0 aliphatic heterocycles. The van der Waals surface area contributed by atoms with Crippen LogP contribution < -0.4 is 0 Å². The first-order chi connectivity index (χ1) is 12.7. The highest BCUT2D eigenvalue weighted by molar-refractivity contribution is 5.69. The van der Waals surface area contributed by atoms with Gasteiger partial charge in [0, 0.05) is 6.42 Å². The summed E-state index contributed by atoms with van der Waals surface area (Å²) in [6.07, 6.45) is 24.0. The van der Waals surface area contributed by atoms with Crippen LogP contribution in [0.5, 0.6) is 0 Å². The first-order valence-electron chi connectivity index (χ1n) is 11.6. The molecular weight excluding hydrogens is 320 g/mol. The van der Waals surface area contributed by atoms with E-state index in [1.807, 2.05) is 6.92 Å². The van der Waals surface area contributed by atoms with E-state index in [2.05, 4.69) is 19.9 Å². The van der Waals surface area contributed by atoms with Crippen LogP contribution in [0.15, 0.2) is 11.6 Å². The Morgan fingerprint density at radius 3 is 1.85 bits per heavy atom. The van der Waals surface area contributed by atoms with E-state index in [9.17, 15) is 4.79 Å². The third-order valence-electron chi connectivity index (χ3n) is 5.03. The minimum atomic E-state index is -0.0364. The molecule has 2 nitrogen and oxygen atoms in total. The van der Waals surface area contributed by atoms with Gasteiger partial charge in [0.05, 0.1) is 6.61 Å². The van der Waals surface area contributed by atoms with Crippen molar-refractivity contribution in [2.75, 3.05) is 6.61 Å². The quantitative estimate of drug-likeness (QED) is 0.131.